The number of hydrogen-bond donors (Lipinski definition) is 0. The van der Waals surface area contributed by atoms with E-state index in [4.69, 9.17) is 4.42 Å². The SMILES string of the molecule is c1ccc(-c2ccc3c(c2)c2ccccc2c2c4ccc(-c5cccc6oc7cc8ccccc8cc7c56)cc4c4ccccc4c32)cc1. The van der Waals surface area contributed by atoms with Gasteiger partial charge in [0.05, 0.1) is 0 Å². The first-order chi connectivity index (χ1) is 24.3. The number of rotatable bonds is 2. The van der Waals surface area contributed by atoms with Gasteiger partial charge in [0.15, 0.2) is 0 Å². The van der Waals surface area contributed by atoms with Crippen molar-refractivity contribution >= 4 is 86.6 Å². The predicted molar refractivity (Wildman–Crippen MR) is 210 cm³/mol. The number of benzene rings is 10. The Morgan fingerprint density at radius 1 is 0.265 bits per heavy atom. The van der Waals surface area contributed by atoms with Gasteiger partial charge in [-0.15, -0.1) is 0 Å². The third-order valence-electron chi connectivity index (χ3n) is 10.6. The maximum atomic E-state index is 6.46. The maximum Gasteiger partial charge on any atom is 0.136 e. The Bertz CT molecular complexity index is 3150. The summed E-state index contributed by atoms with van der Waals surface area (Å²) in [5.41, 5.74) is 6.69. The molecule has 0 saturated heterocycles. The lowest BCUT2D eigenvalue weighted by molar-refractivity contribution is 0.669. The Morgan fingerprint density at radius 2 is 0.816 bits per heavy atom. The van der Waals surface area contributed by atoms with E-state index in [0.717, 1.165) is 16.6 Å². The molecule has 0 unspecified atom stereocenters. The second-order valence-corrected chi connectivity index (χ2v) is 13.2. The third-order valence-corrected chi connectivity index (χ3v) is 10.6. The Hall–Kier alpha value is -6.44. The van der Waals surface area contributed by atoms with Gasteiger partial charge in [-0.25, -0.2) is 0 Å². The first-order valence-electron chi connectivity index (χ1n) is 16.9. The van der Waals surface area contributed by atoms with Gasteiger partial charge in [-0.3, -0.25) is 0 Å². The second kappa shape index (κ2) is 10.0. The van der Waals surface area contributed by atoms with Crippen LogP contribution in [0.4, 0.5) is 0 Å². The van der Waals surface area contributed by atoms with Crippen LogP contribution in [0.3, 0.4) is 0 Å². The van der Waals surface area contributed by atoms with Crippen LogP contribution in [0.2, 0.25) is 0 Å². The van der Waals surface area contributed by atoms with Gasteiger partial charge >= 0.3 is 0 Å². The van der Waals surface area contributed by atoms with Crippen LogP contribution in [0.1, 0.15) is 0 Å². The number of fused-ring (bicyclic) bond motifs is 15. The lowest BCUT2D eigenvalue weighted by Crippen LogP contribution is -1.90. The van der Waals surface area contributed by atoms with Gasteiger partial charge in [0, 0.05) is 10.8 Å². The fraction of sp³-hybridized carbons (Fsp3) is 0. The van der Waals surface area contributed by atoms with Crippen LogP contribution in [-0.2, 0) is 0 Å². The highest BCUT2D eigenvalue weighted by atomic mass is 16.3. The van der Waals surface area contributed by atoms with Gasteiger partial charge in [0.1, 0.15) is 11.2 Å². The van der Waals surface area contributed by atoms with Crippen LogP contribution in [0, 0.1) is 0 Å². The molecule has 1 aromatic heterocycles. The predicted octanol–water partition coefficient (Wildman–Crippen LogP) is 13.8. The molecule has 0 saturated carbocycles. The highest BCUT2D eigenvalue weighted by molar-refractivity contribution is 6.39. The molecule has 0 atom stereocenters. The van der Waals surface area contributed by atoms with Crippen molar-refractivity contribution in [1.82, 2.24) is 0 Å². The molecule has 11 aromatic rings. The van der Waals surface area contributed by atoms with E-state index < -0.39 is 0 Å². The molecule has 1 heteroatoms. The Labute approximate surface area is 282 Å². The first kappa shape index (κ1) is 26.6. The Balaban J connectivity index is 1.24. The average molecular weight is 621 g/mol. The van der Waals surface area contributed by atoms with Crippen molar-refractivity contribution in [1.29, 1.82) is 0 Å². The average Bonchev–Trinajstić information content (AvgIpc) is 3.54. The van der Waals surface area contributed by atoms with Crippen molar-refractivity contribution in [3.63, 3.8) is 0 Å². The fourth-order valence-corrected chi connectivity index (χ4v) is 8.40. The van der Waals surface area contributed by atoms with Crippen LogP contribution in [-0.4, -0.2) is 0 Å². The molecule has 10 aromatic carbocycles. The van der Waals surface area contributed by atoms with Crippen molar-refractivity contribution in [3.05, 3.63) is 170 Å². The normalized spacial score (nSPS) is 12.1. The van der Waals surface area contributed by atoms with Gasteiger partial charge in [-0.2, -0.15) is 0 Å². The molecular formula is C48H28O. The quantitative estimate of drug-likeness (QED) is 0.175. The molecule has 0 aliphatic rings. The van der Waals surface area contributed by atoms with E-state index in [1.165, 1.54) is 92.3 Å². The highest BCUT2D eigenvalue weighted by Crippen LogP contribution is 2.46. The van der Waals surface area contributed by atoms with Crippen molar-refractivity contribution in [2.45, 2.75) is 0 Å². The summed E-state index contributed by atoms with van der Waals surface area (Å²) in [6.45, 7) is 0. The van der Waals surface area contributed by atoms with Gasteiger partial charge < -0.3 is 4.42 Å². The number of hydrogen-bond acceptors (Lipinski definition) is 1. The van der Waals surface area contributed by atoms with E-state index in [9.17, 15) is 0 Å². The molecule has 1 nitrogen and oxygen atoms in total. The smallest absolute Gasteiger partial charge is 0.136 e. The third kappa shape index (κ3) is 3.82. The molecule has 0 spiro atoms. The fourth-order valence-electron chi connectivity index (χ4n) is 8.40. The summed E-state index contributed by atoms with van der Waals surface area (Å²) in [5, 5.41) is 17.6. The molecule has 0 amide bonds. The largest absolute Gasteiger partial charge is 0.456 e. The van der Waals surface area contributed by atoms with Crippen LogP contribution in [0.5, 0.6) is 0 Å². The Kier molecular flexibility index (Phi) is 5.45. The van der Waals surface area contributed by atoms with Crippen molar-refractivity contribution < 1.29 is 4.42 Å². The monoisotopic (exact) mass is 620 g/mol. The summed E-state index contributed by atoms with van der Waals surface area (Å²) in [6, 6.07) is 62.1. The van der Waals surface area contributed by atoms with E-state index in [0.29, 0.717) is 0 Å². The molecular weight excluding hydrogens is 593 g/mol. The summed E-state index contributed by atoms with van der Waals surface area (Å²) in [5.74, 6) is 0. The molecule has 0 fully saturated rings. The van der Waals surface area contributed by atoms with Gasteiger partial charge in [-0.05, 0) is 117 Å². The van der Waals surface area contributed by atoms with Crippen LogP contribution < -0.4 is 0 Å². The molecule has 11 rings (SSSR count). The van der Waals surface area contributed by atoms with E-state index in [1.54, 1.807) is 0 Å². The zero-order valence-electron chi connectivity index (χ0n) is 26.6. The Morgan fingerprint density at radius 3 is 1.51 bits per heavy atom. The van der Waals surface area contributed by atoms with Crippen molar-refractivity contribution in [2.75, 3.05) is 0 Å². The number of furan rings is 1. The maximum absolute atomic E-state index is 6.46. The zero-order chi connectivity index (χ0) is 32.1. The minimum Gasteiger partial charge on any atom is -0.456 e. The molecule has 1 heterocycles. The van der Waals surface area contributed by atoms with Gasteiger partial charge in [-0.1, -0.05) is 140 Å². The zero-order valence-corrected chi connectivity index (χ0v) is 26.6. The lowest BCUT2D eigenvalue weighted by Gasteiger charge is -2.18. The lowest BCUT2D eigenvalue weighted by atomic mass is 9.85. The van der Waals surface area contributed by atoms with E-state index in [1.807, 2.05) is 0 Å². The second-order valence-electron chi connectivity index (χ2n) is 13.2. The topological polar surface area (TPSA) is 13.1 Å². The summed E-state index contributed by atoms with van der Waals surface area (Å²) >= 11 is 0. The van der Waals surface area contributed by atoms with Gasteiger partial charge in [0.25, 0.3) is 0 Å². The van der Waals surface area contributed by atoms with Crippen LogP contribution in [0.15, 0.2) is 174 Å². The van der Waals surface area contributed by atoms with E-state index >= 15 is 0 Å². The molecule has 0 aliphatic carbocycles. The summed E-state index contributed by atoms with van der Waals surface area (Å²) in [4.78, 5) is 0. The first-order valence-corrected chi connectivity index (χ1v) is 16.9. The summed E-state index contributed by atoms with van der Waals surface area (Å²) in [6.07, 6.45) is 0. The minimum atomic E-state index is 0.915. The summed E-state index contributed by atoms with van der Waals surface area (Å²) < 4.78 is 6.46. The van der Waals surface area contributed by atoms with Crippen molar-refractivity contribution in [3.8, 4) is 22.3 Å². The van der Waals surface area contributed by atoms with E-state index in [-0.39, 0.29) is 0 Å². The molecule has 0 radical (unpaired) electrons. The molecule has 0 bridgehead atoms. The highest BCUT2D eigenvalue weighted by Gasteiger charge is 2.18. The minimum absolute atomic E-state index is 0.915. The van der Waals surface area contributed by atoms with Crippen LogP contribution in [0.25, 0.3) is 109 Å². The summed E-state index contributed by atoms with van der Waals surface area (Å²) in [7, 11) is 0. The molecule has 49 heavy (non-hydrogen) atoms. The van der Waals surface area contributed by atoms with E-state index in [2.05, 4.69) is 170 Å². The standard InChI is InChI=1S/C48H28O/c1-2-11-29(12-3-1)32-21-23-39-41(25-32)35-15-6-8-17-37(35)48-40-24-22-33(27-42(40)36-16-7-9-18-38(36)47(39)48)34-19-10-20-44-46(34)43-26-30-13-4-5-14-31(30)28-45(43)49-44/h1-28H. The van der Waals surface area contributed by atoms with Crippen LogP contribution >= 0.6 is 0 Å². The molecule has 0 N–H and O–H groups in total. The van der Waals surface area contributed by atoms with Crippen molar-refractivity contribution in [2.24, 2.45) is 0 Å². The molecule has 0 aliphatic heterocycles. The molecule has 226 valence electrons. The van der Waals surface area contributed by atoms with Gasteiger partial charge in [0.2, 0.25) is 0 Å².